The number of amides is 1. The highest BCUT2D eigenvalue weighted by molar-refractivity contribution is 7.09. The van der Waals surface area contributed by atoms with Gasteiger partial charge in [-0.25, -0.2) is 0 Å². The van der Waals surface area contributed by atoms with Gasteiger partial charge < -0.3 is 15.0 Å². The molecule has 1 N–H and O–H groups in total. The van der Waals surface area contributed by atoms with Gasteiger partial charge in [-0.3, -0.25) is 4.79 Å². The lowest BCUT2D eigenvalue weighted by atomic mass is 10.4. The predicted molar refractivity (Wildman–Crippen MR) is 59.7 cm³/mol. The van der Waals surface area contributed by atoms with Crippen LogP contribution < -0.4 is 5.32 Å². The Labute approximate surface area is 92.9 Å². The molecule has 1 aromatic heterocycles. The molecule has 0 aliphatic rings. The van der Waals surface area contributed by atoms with Crippen LogP contribution in [0.3, 0.4) is 0 Å². The summed E-state index contributed by atoms with van der Waals surface area (Å²) in [5.41, 5.74) is 0. The molecule has 5 heteroatoms. The van der Waals surface area contributed by atoms with Gasteiger partial charge in [-0.05, 0) is 18.5 Å². The summed E-state index contributed by atoms with van der Waals surface area (Å²) in [4.78, 5) is 24.6. The summed E-state index contributed by atoms with van der Waals surface area (Å²) >= 11 is 1.58. The number of hydrogen-bond acceptors (Lipinski definition) is 4. The first-order valence-electron chi connectivity index (χ1n) is 4.66. The normalized spacial score (nSPS) is 9.93. The summed E-state index contributed by atoms with van der Waals surface area (Å²) in [5, 5.41) is 4.74. The number of carbonyl (C=O) groups excluding carboxylic acids is 2. The lowest BCUT2D eigenvalue weighted by molar-refractivity contribution is -0.132. The summed E-state index contributed by atoms with van der Waals surface area (Å²) in [6, 6.07) is 3.89. The van der Waals surface area contributed by atoms with Crippen LogP contribution in [0.5, 0.6) is 0 Å². The zero-order valence-electron chi connectivity index (χ0n) is 8.60. The van der Waals surface area contributed by atoms with Crippen molar-refractivity contribution in [1.82, 2.24) is 10.2 Å². The Morgan fingerprint density at radius 3 is 3.00 bits per heavy atom. The third kappa shape index (κ3) is 3.81. The molecule has 4 nitrogen and oxygen atoms in total. The van der Waals surface area contributed by atoms with E-state index in [0.29, 0.717) is 6.54 Å². The van der Waals surface area contributed by atoms with Crippen LogP contribution in [0.25, 0.3) is 0 Å². The van der Waals surface area contributed by atoms with Gasteiger partial charge in [-0.2, -0.15) is 0 Å². The quantitative estimate of drug-likeness (QED) is 0.718. The van der Waals surface area contributed by atoms with Crippen molar-refractivity contribution in [3.63, 3.8) is 0 Å². The summed E-state index contributed by atoms with van der Waals surface area (Å²) < 4.78 is 0. The van der Waals surface area contributed by atoms with E-state index in [1.807, 2.05) is 17.5 Å². The van der Waals surface area contributed by atoms with E-state index in [9.17, 15) is 9.59 Å². The van der Waals surface area contributed by atoms with E-state index in [2.05, 4.69) is 5.32 Å². The van der Waals surface area contributed by atoms with Crippen LogP contribution in [0.15, 0.2) is 17.5 Å². The monoisotopic (exact) mass is 226 g/mol. The Hall–Kier alpha value is -1.20. The minimum atomic E-state index is -0.0574. The molecule has 82 valence electrons. The first-order valence-corrected chi connectivity index (χ1v) is 5.54. The Morgan fingerprint density at radius 1 is 1.67 bits per heavy atom. The fraction of sp³-hybridized carbons (Fsp3) is 0.400. The first kappa shape index (κ1) is 11.9. The van der Waals surface area contributed by atoms with Crippen molar-refractivity contribution < 1.29 is 9.59 Å². The van der Waals surface area contributed by atoms with Gasteiger partial charge in [-0.15, -0.1) is 11.3 Å². The maximum Gasteiger partial charge on any atom is 0.237 e. The molecular weight excluding hydrogens is 212 g/mol. The van der Waals surface area contributed by atoms with Crippen molar-refractivity contribution in [1.29, 1.82) is 0 Å². The average Bonchev–Trinajstić information content (AvgIpc) is 2.70. The number of hydrogen-bond donors (Lipinski definition) is 1. The fourth-order valence-corrected chi connectivity index (χ4v) is 1.92. The second-order valence-electron chi connectivity index (χ2n) is 3.05. The van der Waals surface area contributed by atoms with Crippen molar-refractivity contribution in [2.24, 2.45) is 0 Å². The predicted octanol–water partition coefficient (Wildman–Crippen LogP) is 0.495. The number of carbonyl (C=O) groups is 2. The molecule has 0 atom stereocenters. The Kier molecular flexibility index (Phi) is 5.00. The van der Waals surface area contributed by atoms with Gasteiger partial charge in [-0.1, -0.05) is 6.07 Å². The average molecular weight is 226 g/mol. The first-order chi connectivity index (χ1) is 7.27. The zero-order valence-corrected chi connectivity index (χ0v) is 9.42. The third-order valence-corrected chi connectivity index (χ3v) is 2.76. The Balaban J connectivity index is 2.57. The molecule has 0 saturated heterocycles. The molecule has 1 amide bonds. The number of rotatable bonds is 6. The summed E-state index contributed by atoms with van der Waals surface area (Å²) in [5.74, 6) is -0.0574. The van der Waals surface area contributed by atoms with Crippen LogP contribution in [0.1, 0.15) is 4.88 Å². The zero-order chi connectivity index (χ0) is 11.1. The van der Waals surface area contributed by atoms with E-state index < -0.39 is 0 Å². The molecule has 1 aromatic rings. The van der Waals surface area contributed by atoms with E-state index in [0.717, 1.165) is 11.2 Å². The Bertz CT molecular complexity index is 311. The Morgan fingerprint density at radius 2 is 2.47 bits per heavy atom. The largest absolute Gasteiger partial charge is 0.329 e. The van der Waals surface area contributed by atoms with E-state index >= 15 is 0 Å². The highest BCUT2D eigenvalue weighted by Crippen LogP contribution is 2.11. The summed E-state index contributed by atoms with van der Waals surface area (Å²) in [6.45, 7) is 0.925. The summed E-state index contributed by atoms with van der Waals surface area (Å²) in [7, 11) is 1.71. The number of likely N-dealkylation sites (N-methyl/N-ethyl adjacent to an activating group) is 1. The molecule has 0 saturated carbocycles. The smallest absolute Gasteiger partial charge is 0.237 e. The highest BCUT2D eigenvalue weighted by Gasteiger charge is 2.12. The lowest BCUT2D eigenvalue weighted by Gasteiger charge is -2.19. The lowest BCUT2D eigenvalue weighted by Crippen LogP contribution is -2.37. The topological polar surface area (TPSA) is 49.4 Å². The molecule has 1 rings (SSSR count). The fourth-order valence-electron chi connectivity index (χ4n) is 1.20. The van der Waals surface area contributed by atoms with Gasteiger partial charge >= 0.3 is 0 Å². The van der Waals surface area contributed by atoms with E-state index in [1.165, 1.54) is 4.90 Å². The van der Waals surface area contributed by atoms with E-state index in [4.69, 9.17) is 0 Å². The molecule has 0 unspecified atom stereocenters. The van der Waals surface area contributed by atoms with Crippen molar-refractivity contribution in [2.75, 3.05) is 20.1 Å². The maximum absolute atomic E-state index is 11.6. The molecule has 0 fully saturated rings. The van der Waals surface area contributed by atoms with Crippen LogP contribution in [0.2, 0.25) is 0 Å². The van der Waals surface area contributed by atoms with Crippen molar-refractivity contribution in [3.05, 3.63) is 22.4 Å². The van der Waals surface area contributed by atoms with Crippen LogP contribution in [-0.4, -0.2) is 37.2 Å². The van der Waals surface area contributed by atoms with Crippen LogP contribution in [0, 0.1) is 0 Å². The van der Waals surface area contributed by atoms with Gasteiger partial charge in [0, 0.05) is 4.88 Å². The van der Waals surface area contributed by atoms with Crippen LogP contribution >= 0.6 is 11.3 Å². The second kappa shape index (κ2) is 6.31. The maximum atomic E-state index is 11.6. The molecule has 0 aliphatic heterocycles. The summed E-state index contributed by atoms with van der Waals surface area (Å²) in [6.07, 6.45) is 0.751. The molecule has 15 heavy (non-hydrogen) atoms. The molecule has 0 spiro atoms. The molecule has 0 radical (unpaired) electrons. The third-order valence-electron chi connectivity index (χ3n) is 1.90. The number of aldehydes is 1. The highest BCUT2D eigenvalue weighted by atomic mass is 32.1. The van der Waals surface area contributed by atoms with Gasteiger partial charge in [0.15, 0.2) is 0 Å². The number of nitrogens with one attached hydrogen (secondary N) is 1. The number of thiophene rings is 1. The molecule has 0 aromatic carbocycles. The van der Waals surface area contributed by atoms with Crippen molar-refractivity contribution in [3.8, 4) is 0 Å². The minimum absolute atomic E-state index is 0.0574. The van der Waals surface area contributed by atoms with Crippen LogP contribution in [-0.2, 0) is 16.1 Å². The molecular formula is C10H14N2O2S. The molecule has 1 heterocycles. The number of nitrogens with zero attached hydrogens (tertiary/aromatic N) is 1. The molecule has 0 bridgehead atoms. The van der Waals surface area contributed by atoms with Crippen LogP contribution in [0.4, 0.5) is 0 Å². The van der Waals surface area contributed by atoms with Gasteiger partial charge in [0.05, 0.1) is 19.6 Å². The van der Waals surface area contributed by atoms with Crippen molar-refractivity contribution in [2.45, 2.75) is 6.54 Å². The van der Waals surface area contributed by atoms with Crippen molar-refractivity contribution >= 4 is 23.5 Å². The van der Waals surface area contributed by atoms with E-state index in [1.54, 1.807) is 18.4 Å². The molecule has 0 aliphatic carbocycles. The van der Waals surface area contributed by atoms with E-state index in [-0.39, 0.29) is 19.0 Å². The van der Waals surface area contributed by atoms with Gasteiger partial charge in [0.2, 0.25) is 5.91 Å². The van der Waals surface area contributed by atoms with Gasteiger partial charge in [0.25, 0.3) is 0 Å². The second-order valence-corrected chi connectivity index (χ2v) is 4.08. The SMILES string of the molecule is CNCC(=O)N(CC=O)Cc1cccs1. The standard InChI is InChI=1S/C10H14N2O2S/c1-11-7-10(14)12(4-5-13)8-9-3-2-6-15-9/h2-3,5-6,11H,4,7-8H2,1H3. The van der Waals surface area contributed by atoms with Gasteiger partial charge in [0.1, 0.15) is 6.29 Å². The minimum Gasteiger partial charge on any atom is -0.329 e.